The lowest BCUT2D eigenvalue weighted by molar-refractivity contribution is -0.124. The van der Waals surface area contributed by atoms with Gasteiger partial charge in [-0.25, -0.2) is 4.98 Å². The van der Waals surface area contributed by atoms with Crippen molar-refractivity contribution >= 4 is 22.2 Å². The number of nitrogens with one attached hydrogen (secondary N) is 1. The predicted molar refractivity (Wildman–Crippen MR) is 87.6 cm³/mol. The Labute approximate surface area is 132 Å². The fourth-order valence-corrected chi connectivity index (χ4v) is 2.85. The van der Waals surface area contributed by atoms with Crippen molar-refractivity contribution in [3.8, 4) is 10.6 Å². The Hall–Kier alpha value is -2.50. The number of aliphatic hydroxyl groups is 1. The molecule has 2 N–H and O–H groups in total. The van der Waals surface area contributed by atoms with E-state index < -0.39 is 12.0 Å². The summed E-state index contributed by atoms with van der Waals surface area (Å²) in [6.07, 6.45) is 0.409. The number of rotatable bonds is 4. The minimum atomic E-state index is -1.19. The molecule has 0 spiro atoms. The molecule has 0 aliphatic heterocycles. The lowest BCUT2D eigenvalue weighted by atomic mass is 10.1. The third-order valence-electron chi connectivity index (χ3n) is 3.14. The maximum absolute atomic E-state index is 12.1. The van der Waals surface area contributed by atoms with Crippen LogP contribution in [0.2, 0.25) is 0 Å². The van der Waals surface area contributed by atoms with E-state index in [0.29, 0.717) is 10.6 Å². The fourth-order valence-electron chi connectivity index (χ4n) is 2.02. The number of hydrogen-bond donors (Lipinski definition) is 2. The summed E-state index contributed by atoms with van der Waals surface area (Å²) >= 11 is 1.37. The third kappa shape index (κ3) is 3.21. The van der Waals surface area contributed by atoms with Gasteiger partial charge in [-0.2, -0.15) is 0 Å². The maximum Gasteiger partial charge on any atom is 0.258 e. The van der Waals surface area contributed by atoms with Crippen molar-refractivity contribution in [2.24, 2.45) is 0 Å². The SMILES string of the molecule is O=C(Nc1cnc(-c2ccccc2)s1)C(O)c1ccccc1. The smallest absolute Gasteiger partial charge is 0.258 e. The summed E-state index contributed by atoms with van der Waals surface area (Å²) in [7, 11) is 0. The summed E-state index contributed by atoms with van der Waals surface area (Å²) in [4.78, 5) is 16.4. The number of benzene rings is 2. The molecule has 3 aromatic rings. The number of carbonyl (C=O) groups excluding carboxylic acids is 1. The van der Waals surface area contributed by atoms with Gasteiger partial charge >= 0.3 is 0 Å². The number of anilines is 1. The van der Waals surface area contributed by atoms with Crippen LogP contribution in [0.1, 0.15) is 11.7 Å². The second-order valence-electron chi connectivity index (χ2n) is 4.70. The number of hydrogen-bond acceptors (Lipinski definition) is 4. The summed E-state index contributed by atoms with van der Waals surface area (Å²) in [6, 6.07) is 18.6. The molecule has 1 amide bonds. The van der Waals surface area contributed by atoms with Gasteiger partial charge in [-0.05, 0) is 5.56 Å². The fraction of sp³-hybridized carbons (Fsp3) is 0.0588. The van der Waals surface area contributed by atoms with Crippen molar-refractivity contribution < 1.29 is 9.90 Å². The van der Waals surface area contributed by atoms with Crippen LogP contribution in [0.4, 0.5) is 5.00 Å². The van der Waals surface area contributed by atoms with E-state index in [2.05, 4.69) is 10.3 Å². The van der Waals surface area contributed by atoms with Crippen molar-refractivity contribution in [2.45, 2.75) is 6.10 Å². The second kappa shape index (κ2) is 6.51. The highest BCUT2D eigenvalue weighted by Crippen LogP contribution is 2.28. The van der Waals surface area contributed by atoms with E-state index in [1.165, 1.54) is 11.3 Å². The van der Waals surface area contributed by atoms with Gasteiger partial charge in [0.2, 0.25) is 0 Å². The molecule has 22 heavy (non-hydrogen) atoms. The number of aliphatic hydroxyl groups excluding tert-OH is 1. The normalized spacial score (nSPS) is 11.9. The second-order valence-corrected chi connectivity index (χ2v) is 5.73. The van der Waals surface area contributed by atoms with Crippen molar-refractivity contribution in [2.75, 3.05) is 5.32 Å². The molecule has 0 aliphatic carbocycles. The topological polar surface area (TPSA) is 62.2 Å². The Bertz CT molecular complexity index is 757. The maximum atomic E-state index is 12.1. The van der Waals surface area contributed by atoms with E-state index in [1.54, 1.807) is 30.5 Å². The van der Waals surface area contributed by atoms with Crippen LogP contribution < -0.4 is 5.32 Å². The van der Waals surface area contributed by atoms with E-state index >= 15 is 0 Å². The van der Waals surface area contributed by atoms with Crippen LogP contribution in [0.3, 0.4) is 0 Å². The van der Waals surface area contributed by atoms with Gasteiger partial charge in [0.15, 0.2) is 6.10 Å². The van der Waals surface area contributed by atoms with E-state index in [4.69, 9.17) is 0 Å². The molecule has 0 saturated carbocycles. The molecule has 1 atom stereocenters. The van der Waals surface area contributed by atoms with Gasteiger partial charge in [-0.15, -0.1) is 0 Å². The quantitative estimate of drug-likeness (QED) is 0.775. The molecule has 1 aromatic heterocycles. The van der Waals surface area contributed by atoms with E-state index in [9.17, 15) is 9.90 Å². The molecule has 3 rings (SSSR count). The minimum Gasteiger partial charge on any atom is -0.378 e. The standard InChI is InChI=1S/C17H14N2O2S/c20-15(12-7-3-1-4-8-12)16(21)19-14-11-18-17(22-14)13-9-5-2-6-10-13/h1-11,15,20H,(H,19,21). The van der Waals surface area contributed by atoms with Crippen molar-refractivity contribution in [3.63, 3.8) is 0 Å². The first kappa shape index (κ1) is 14.4. The number of nitrogens with zero attached hydrogens (tertiary/aromatic N) is 1. The van der Waals surface area contributed by atoms with Gasteiger partial charge in [0.25, 0.3) is 5.91 Å². The molecular weight excluding hydrogens is 296 g/mol. The van der Waals surface area contributed by atoms with E-state index in [-0.39, 0.29) is 0 Å². The lowest BCUT2D eigenvalue weighted by Crippen LogP contribution is -2.20. The Kier molecular flexibility index (Phi) is 4.27. The van der Waals surface area contributed by atoms with Gasteiger partial charge in [0.1, 0.15) is 10.0 Å². The molecule has 2 aromatic carbocycles. The van der Waals surface area contributed by atoms with Gasteiger partial charge < -0.3 is 10.4 Å². The summed E-state index contributed by atoms with van der Waals surface area (Å²) in [6.45, 7) is 0. The predicted octanol–water partition coefficient (Wildman–Crippen LogP) is 3.48. The van der Waals surface area contributed by atoms with Crippen LogP contribution >= 0.6 is 11.3 Å². The third-order valence-corrected chi connectivity index (χ3v) is 4.10. The van der Waals surface area contributed by atoms with Gasteiger partial charge in [-0.3, -0.25) is 4.79 Å². The largest absolute Gasteiger partial charge is 0.378 e. The first-order valence-corrected chi connectivity index (χ1v) is 7.61. The van der Waals surface area contributed by atoms with Crippen molar-refractivity contribution in [1.82, 2.24) is 4.98 Å². The number of amides is 1. The van der Waals surface area contributed by atoms with E-state index in [1.807, 2.05) is 36.4 Å². The average Bonchev–Trinajstić information content (AvgIpc) is 3.04. The Morgan fingerprint density at radius 1 is 1.05 bits per heavy atom. The molecule has 5 heteroatoms. The zero-order chi connectivity index (χ0) is 15.4. The van der Waals surface area contributed by atoms with Crippen molar-refractivity contribution in [3.05, 3.63) is 72.4 Å². The van der Waals surface area contributed by atoms with Crippen LogP contribution in [-0.2, 0) is 4.79 Å². The first-order valence-electron chi connectivity index (χ1n) is 6.79. The van der Waals surface area contributed by atoms with Gasteiger partial charge in [0, 0.05) is 5.56 Å². The zero-order valence-corrected chi connectivity index (χ0v) is 12.5. The molecule has 0 aliphatic rings. The zero-order valence-electron chi connectivity index (χ0n) is 11.6. The lowest BCUT2D eigenvalue weighted by Gasteiger charge is -2.09. The minimum absolute atomic E-state index is 0.463. The summed E-state index contributed by atoms with van der Waals surface area (Å²) < 4.78 is 0. The van der Waals surface area contributed by atoms with Gasteiger partial charge in [0.05, 0.1) is 6.20 Å². The first-order chi connectivity index (χ1) is 10.7. The monoisotopic (exact) mass is 310 g/mol. The molecule has 1 unspecified atom stereocenters. The van der Waals surface area contributed by atoms with Crippen LogP contribution in [0, 0.1) is 0 Å². The van der Waals surface area contributed by atoms with Crippen molar-refractivity contribution in [1.29, 1.82) is 0 Å². The summed E-state index contributed by atoms with van der Waals surface area (Å²) in [5.41, 5.74) is 1.56. The van der Waals surface area contributed by atoms with Crippen LogP contribution in [0.5, 0.6) is 0 Å². The molecule has 0 saturated heterocycles. The van der Waals surface area contributed by atoms with Crippen LogP contribution in [0.25, 0.3) is 10.6 Å². The molecule has 0 radical (unpaired) electrons. The Balaban J connectivity index is 1.71. The molecule has 0 bridgehead atoms. The highest BCUT2D eigenvalue weighted by atomic mass is 32.1. The Morgan fingerprint density at radius 2 is 1.68 bits per heavy atom. The highest BCUT2D eigenvalue weighted by molar-refractivity contribution is 7.19. The molecule has 1 heterocycles. The molecule has 0 fully saturated rings. The van der Waals surface area contributed by atoms with Crippen LogP contribution in [-0.4, -0.2) is 16.0 Å². The Morgan fingerprint density at radius 3 is 2.36 bits per heavy atom. The molecule has 110 valence electrons. The number of aromatic nitrogens is 1. The molecular formula is C17H14N2O2S. The summed E-state index contributed by atoms with van der Waals surface area (Å²) in [5, 5.41) is 14.2. The summed E-state index contributed by atoms with van der Waals surface area (Å²) in [5.74, 6) is -0.463. The van der Waals surface area contributed by atoms with Gasteiger partial charge in [-0.1, -0.05) is 72.0 Å². The number of carbonyl (C=O) groups is 1. The average molecular weight is 310 g/mol. The van der Waals surface area contributed by atoms with Crippen LogP contribution in [0.15, 0.2) is 66.9 Å². The van der Waals surface area contributed by atoms with E-state index in [0.717, 1.165) is 10.6 Å². The molecule has 4 nitrogen and oxygen atoms in total. The highest BCUT2D eigenvalue weighted by Gasteiger charge is 2.18. The number of thiazole rings is 1.